The van der Waals surface area contributed by atoms with E-state index in [2.05, 4.69) is 20.4 Å². The van der Waals surface area contributed by atoms with E-state index < -0.39 is 24.1 Å². The number of nitrogens with zero attached hydrogens (tertiary/aromatic N) is 5. The van der Waals surface area contributed by atoms with Crippen LogP contribution in [0.3, 0.4) is 0 Å². The van der Waals surface area contributed by atoms with Crippen molar-refractivity contribution in [2.45, 2.75) is 25.1 Å². The first kappa shape index (κ1) is 19.0. The molecule has 1 N–H and O–H groups in total. The van der Waals surface area contributed by atoms with E-state index in [-0.39, 0.29) is 6.04 Å². The van der Waals surface area contributed by atoms with Crippen molar-refractivity contribution in [3.63, 3.8) is 0 Å². The summed E-state index contributed by atoms with van der Waals surface area (Å²) in [5.74, 6) is -0.436. The topological polar surface area (TPSA) is 102 Å². The van der Waals surface area contributed by atoms with Crippen molar-refractivity contribution >= 4 is 23.6 Å². The van der Waals surface area contributed by atoms with Crippen LogP contribution in [0.25, 0.3) is 0 Å². The lowest BCUT2D eigenvalue weighted by Crippen LogP contribution is -2.37. The highest BCUT2D eigenvalue weighted by molar-refractivity contribution is 5.90. The number of hydrogen-bond acceptors (Lipinski definition) is 7. The number of carbonyl (C=O) groups excluding carboxylic acids is 2. The largest absolute Gasteiger partial charge is 0.453 e. The van der Waals surface area contributed by atoms with Gasteiger partial charge < -0.3 is 19.7 Å². The quantitative estimate of drug-likeness (QED) is 0.803. The number of benzene rings is 1. The van der Waals surface area contributed by atoms with Gasteiger partial charge in [-0.15, -0.1) is 5.10 Å². The number of amides is 2. The van der Waals surface area contributed by atoms with E-state index in [4.69, 9.17) is 4.74 Å². The molecule has 29 heavy (non-hydrogen) atoms. The average Bonchev–Trinajstić information content (AvgIpc) is 3.44. The molecule has 11 heteroatoms. The molecule has 2 saturated heterocycles. The van der Waals surface area contributed by atoms with Gasteiger partial charge >= 0.3 is 12.2 Å². The molecule has 0 spiro atoms. The molecule has 2 aliphatic rings. The summed E-state index contributed by atoms with van der Waals surface area (Å²) in [6.45, 7) is 1.77. The van der Waals surface area contributed by atoms with Crippen LogP contribution in [0.1, 0.15) is 6.42 Å². The summed E-state index contributed by atoms with van der Waals surface area (Å²) in [6.07, 6.45) is 2.51. The number of anilines is 2. The van der Waals surface area contributed by atoms with Gasteiger partial charge in [-0.05, 0) is 24.6 Å². The third-order valence-electron chi connectivity index (χ3n) is 5.02. The number of alkyl carbamates (subject to hydrolysis) is 1. The Balaban J connectivity index is 1.41. The Kier molecular flexibility index (Phi) is 5.19. The average molecular weight is 404 g/mol. The molecule has 0 saturated carbocycles. The zero-order valence-electron chi connectivity index (χ0n) is 15.8. The number of ether oxygens (including phenoxy) is 2. The number of carbonyl (C=O) groups is 2. The second-order valence-electron chi connectivity index (χ2n) is 6.94. The fourth-order valence-corrected chi connectivity index (χ4v) is 3.61. The first-order chi connectivity index (χ1) is 14.0. The molecule has 0 bridgehead atoms. The van der Waals surface area contributed by atoms with Crippen LogP contribution in [0.15, 0.2) is 30.6 Å². The number of cyclic esters (lactones) is 1. The number of methoxy groups -OCH3 is 1. The minimum absolute atomic E-state index is 0.104. The van der Waals surface area contributed by atoms with Crippen LogP contribution in [0.4, 0.5) is 25.4 Å². The number of aromatic nitrogens is 3. The van der Waals surface area contributed by atoms with Gasteiger partial charge in [0.15, 0.2) is 0 Å². The fourth-order valence-electron chi connectivity index (χ4n) is 3.61. The summed E-state index contributed by atoms with van der Waals surface area (Å²) in [5.41, 5.74) is 0.857. The molecule has 2 aliphatic heterocycles. The summed E-state index contributed by atoms with van der Waals surface area (Å²) >= 11 is 0. The standard InChI is InChI=1S/C18H21FN6O4/c1-28-17(26)21-12-4-6-23(9-12)16-3-2-13(8-15(16)19)25-11-14(29-18(25)27)10-24-7-5-20-22-24/h2-3,5,7-8,12,14H,4,6,9-11H2,1H3,(H,21,26)/t12-,14-/m0/s1. The first-order valence-corrected chi connectivity index (χ1v) is 9.24. The molecular formula is C18H21FN6O4. The highest BCUT2D eigenvalue weighted by Gasteiger charge is 2.33. The Morgan fingerprint density at radius 3 is 3.00 bits per heavy atom. The van der Waals surface area contributed by atoms with E-state index in [1.165, 1.54) is 18.1 Å². The van der Waals surface area contributed by atoms with Gasteiger partial charge in [-0.2, -0.15) is 0 Å². The second-order valence-corrected chi connectivity index (χ2v) is 6.94. The Bertz CT molecular complexity index is 892. The number of halogens is 1. The molecule has 2 aromatic rings. The predicted molar refractivity (Wildman–Crippen MR) is 100 cm³/mol. The molecule has 2 amide bonds. The van der Waals surface area contributed by atoms with Gasteiger partial charge in [-0.3, -0.25) is 4.90 Å². The maximum Gasteiger partial charge on any atom is 0.414 e. The van der Waals surface area contributed by atoms with Crippen molar-refractivity contribution in [3.8, 4) is 0 Å². The normalized spacial score (nSPS) is 21.4. The lowest BCUT2D eigenvalue weighted by Gasteiger charge is -2.21. The van der Waals surface area contributed by atoms with Crippen LogP contribution in [0, 0.1) is 5.82 Å². The maximum atomic E-state index is 14.8. The van der Waals surface area contributed by atoms with Crippen molar-refractivity contribution in [1.29, 1.82) is 0 Å². The van der Waals surface area contributed by atoms with E-state index in [1.54, 1.807) is 29.2 Å². The van der Waals surface area contributed by atoms with E-state index in [0.29, 0.717) is 44.0 Å². The van der Waals surface area contributed by atoms with Crippen LogP contribution in [0.5, 0.6) is 0 Å². The van der Waals surface area contributed by atoms with Crippen molar-refractivity contribution in [3.05, 3.63) is 36.4 Å². The number of hydrogen-bond donors (Lipinski definition) is 1. The van der Waals surface area contributed by atoms with E-state index in [1.807, 2.05) is 4.90 Å². The minimum Gasteiger partial charge on any atom is -0.453 e. The van der Waals surface area contributed by atoms with Gasteiger partial charge in [0.1, 0.15) is 11.9 Å². The Morgan fingerprint density at radius 1 is 1.41 bits per heavy atom. The van der Waals surface area contributed by atoms with Crippen molar-refractivity contribution < 1.29 is 23.5 Å². The third-order valence-corrected chi connectivity index (χ3v) is 5.02. The zero-order chi connectivity index (χ0) is 20.4. The smallest absolute Gasteiger partial charge is 0.414 e. The monoisotopic (exact) mass is 404 g/mol. The van der Waals surface area contributed by atoms with Crippen LogP contribution in [-0.4, -0.2) is 66.1 Å². The molecule has 2 atom stereocenters. The Labute approximate surface area is 166 Å². The highest BCUT2D eigenvalue weighted by Crippen LogP contribution is 2.30. The molecule has 2 fully saturated rings. The minimum atomic E-state index is -0.522. The van der Waals surface area contributed by atoms with Crippen LogP contribution < -0.4 is 15.1 Å². The van der Waals surface area contributed by atoms with Gasteiger partial charge in [0.2, 0.25) is 0 Å². The van der Waals surface area contributed by atoms with Crippen molar-refractivity contribution in [2.75, 3.05) is 36.5 Å². The molecule has 0 unspecified atom stereocenters. The Morgan fingerprint density at radius 2 is 2.28 bits per heavy atom. The zero-order valence-corrected chi connectivity index (χ0v) is 15.8. The molecule has 1 aromatic carbocycles. The second kappa shape index (κ2) is 7.94. The summed E-state index contributed by atoms with van der Waals surface area (Å²) < 4.78 is 26.3. The highest BCUT2D eigenvalue weighted by atomic mass is 19.1. The van der Waals surface area contributed by atoms with E-state index in [0.717, 1.165) is 0 Å². The molecule has 0 aliphatic carbocycles. The molecule has 0 radical (unpaired) electrons. The van der Waals surface area contributed by atoms with Crippen LogP contribution >= 0.6 is 0 Å². The van der Waals surface area contributed by atoms with Gasteiger partial charge in [0.25, 0.3) is 0 Å². The molecule has 4 rings (SSSR count). The van der Waals surface area contributed by atoms with Gasteiger partial charge in [0, 0.05) is 19.3 Å². The van der Waals surface area contributed by atoms with Crippen LogP contribution in [0.2, 0.25) is 0 Å². The van der Waals surface area contributed by atoms with Gasteiger partial charge in [0.05, 0.1) is 43.8 Å². The van der Waals surface area contributed by atoms with Gasteiger partial charge in [-0.1, -0.05) is 5.21 Å². The summed E-state index contributed by atoms with van der Waals surface area (Å²) in [6, 6.07) is 4.56. The van der Waals surface area contributed by atoms with E-state index in [9.17, 15) is 14.0 Å². The predicted octanol–water partition coefficient (Wildman–Crippen LogP) is 1.38. The van der Waals surface area contributed by atoms with Crippen LogP contribution in [-0.2, 0) is 16.0 Å². The van der Waals surface area contributed by atoms with Crippen molar-refractivity contribution in [1.82, 2.24) is 20.3 Å². The third kappa shape index (κ3) is 4.08. The fraction of sp³-hybridized carbons (Fsp3) is 0.444. The van der Waals surface area contributed by atoms with Crippen molar-refractivity contribution in [2.24, 2.45) is 0 Å². The summed E-state index contributed by atoms with van der Waals surface area (Å²) in [7, 11) is 1.31. The summed E-state index contributed by atoms with van der Waals surface area (Å²) in [4.78, 5) is 26.8. The SMILES string of the molecule is COC(=O)N[C@H]1CCN(c2ccc(N3C[C@H](Cn4ccnn4)OC3=O)cc2F)C1. The first-order valence-electron chi connectivity index (χ1n) is 9.24. The maximum absolute atomic E-state index is 14.8. The number of nitrogens with one attached hydrogen (secondary N) is 1. The molecule has 1 aromatic heterocycles. The summed E-state index contributed by atoms with van der Waals surface area (Å²) in [5, 5.41) is 10.3. The number of rotatable bonds is 5. The molecule has 3 heterocycles. The van der Waals surface area contributed by atoms with Gasteiger partial charge in [-0.25, -0.2) is 18.7 Å². The lowest BCUT2D eigenvalue weighted by molar-refractivity contribution is 0.129. The Hall–Kier alpha value is -3.37. The molecule has 10 nitrogen and oxygen atoms in total. The lowest BCUT2D eigenvalue weighted by atomic mass is 10.2. The molecular weight excluding hydrogens is 383 g/mol. The molecule has 154 valence electrons. The van der Waals surface area contributed by atoms with E-state index >= 15 is 0 Å².